The molecule has 0 saturated heterocycles. The monoisotopic (exact) mass is 376 g/mol. The number of benzene rings is 2. The van der Waals surface area contributed by atoms with Crippen LogP contribution in [0.3, 0.4) is 0 Å². The van der Waals surface area contributed by atoms with Gasteiger partial charge in [-0.2, -0.15) is 0 Å². The Bertz CT molecular complexity index is 961. The van der Waals surface area contributed by atoms with Crippen molar-refractivity contribution in [3.05, 3.63) is 71.8 Å². The molecule has 0 spiro atoms. The van der Waals surface area contributed by atoms with Gasteiger partial charge in [0.25, 0.3) is 5.91 Å². The highest BCUT2D eigenvalue weighted by atomic mass is 16.7. The van der Waals surface area contributed by atoms with Gasteiger partial charge in [-0.15, -0.1) is 10.2 Å². The Kier molecular flexibility index (Phi) is 5.05. The fraction of sp³-hybridized carbons (Fsp3) is 0.190. The molecule has 0 fully saturated rings. The summed E-state index contributed by atoms with van der Waals surface area (Å²) in [5, 5.41) is 11.2. The number of carbonyl (C=O) groups is 1. The minimum absolute atomic E-state index is 0.171. The van der Waals surface area contributed by atoms with Gasteiger partial charge in [0.15, 0.2) is 23.1 Å². The van der Waals surface area contributed by atoms with E-state index >= 15 is 0 Å². The Morgan fingerprint density at radius 3 is 2.61 bits per heavy atom. The zero-order valence-electron chi connectivity index (χ0n) is 15.5. The first-order chi connectivity index (χ1) is 13.7. The van der Waals surface area contributed by atoms with Crippen molar-refractivity contribution in [1.82, 2.24) is 10.2 Å². The first-order valence-corrected chi connectivity index (χ1v) is 9.06. The number of ether oxygens (including phenoxy) is 2. The lowest BCUT2D eigenvalue weighted by atomic mass is 10.2. The number of fused-ring (bicyclic) bond motifs is 1. The molecule has 7 heteroatoms. The smallest absolute Gasteiger partial charge is 0.257 e. The summed E-state index contributed by atoms with van der Waals surface area (Å²) in [6, 6.07) is 18.8. The molecule has 1 amide bonds. The third-order valence-corrected chi connectivity index (χ3v) is 4.45. The molecular formula is C21H20N4O3. The molecule has 0 saturated carbocycles. The molecule has 0 aliphatic carbocycles. The fourth-order valence-corrected chi connectivity index (χ4v) is 2.95. The first kappa shape index (κ1) is 17.8. The predicted octanol–water partition coefficient (Wildman–Crippen LogP) is 3.48. The van der Waals surface area contributed by atoms with E-state index in [4.69, 9.17) is 9.47 Å². The fourth-order valence-electron chi connectivity index (χ4n) is 2.95. The molecule has 1 aliphatic heterocycles. The molecule has 1 aliphatic rings. The Balaban J connectivity index is 1.43. The van der Waals surface area contributed by atoms with Gasteiger partial charge in [-0.3, -0.25) is 4.79 Å². The van der Waals surface area contributed by atoms with Gasteiger partial charge in [-0.1, -0.05) is 30.3 Å². The normalized spacial score (nSPS) is 11.9. The van der Waals surface area contributed by atoms with Gasteiger partial charge < -0.3 is 19.7 Å². The van der Waals surface area contributed by atoms with Crippen molar-refractivity contribution in [1.29, 1.82) is 0 Å². The van der Waals surface area contributed by atoms with E-state index in [-0.39, 0.29) is 12.7 Å². The second-order valence-corrected chi connectivity index (χ2v) is 6.30. The van der Waals surface area contributed by atoms with Crippen LogP contribution in [0.4, 0.5) is 11.6 Å². The molecule has 0 radical (unpaired) electrons. The summed E-state index contributed by atoms with van der Waals surface area (Å²) in [5.74, 6) is 2.07. The maximum Gasteiger partial charge on any atom is 0.257 e. The van der Waals surface area contributed by atoms with E-state index in [0.29, 0.717) is 22.9 Å². The van der Waals surface area contributed by atoms with Gasteiger partial charge in [-0.05, 0) is 42.8 Å². The van der Waals surface area contributed by atoms with Crippen LogP contribution < -0.4 is 19.7 Å². The molecule has 2 aromatic carbocycles. The third-order valence-electron chi connectivity index (χ3n) is 4.45. The molecule has 28 heavy (non-hydrogen) atoms. The molecule has 4 rings (SSSR count). The second kappa shape index (κ2) is 7.96. The van der Waals surface area contributed by atoms with Crippen LogP contribution >= 0.6 is 0 Å². The highest BCUT2D eigenvalue weighted by molar-refractivity contribution is 6.04. The number of anilines is 2. The third kappa shape index (κ3) is 3.88. The van der Waals surface area contributed by atoms with Crippen LogP contribution in [0.15, 0.2) is 60.7 Å². The van der Waals surface area contributed by atoms with Crippen LogP contribution in [0.2, 0.25) is 0 Å². The Morgan fingerprint density at radius 1 is 1.04 bits per heavy atom. The van der Waals surface area contributed by atoms with E-state index in [0.717, 1.165) is 18.9 Å². The average Bonchev–Trinajstić information content (AvgIpc) is 3.21. The summed E-state index contributed by atoms with van der Waals surface area (Å²) >= 11 is 0. The van der Waals surface area contributed by atoms with E-state index < -0.39 is 0 Å². The lowest BCUT2D eigenvalue weighted by Gasteiger charge is -2.21. The zero-order chi connectivity index (χ0) is 19.3. The summed E-state index contributed by atoms with van der Waals surface area (Å²) in [4.78, 5) is 14.6. The van der Waals surface area contributed by atoms with E-state index in [1.165, 1.54) is 5.56 Å². The van der Waals surface area contributed by atoms with Crippen LogP contribution in [0.5, 0.6) is 11.5 Å². The highest BCUT2D eigenvalue weighted by Gasteiger charge is 2.17. The van der Waals surface area contributed by atoms with Crippen molar-refractivity contribution in [3.8, 4) is 11.5 Å². The first-order valence-electron chi connectivity index (χ1n) is 9.06. The van der Waals surface area contributed by atoms with E-state index in [1.807, 2.05) is 24.3 Å². The van der Waals surface area contributed by atoms with E-state index in [9.17, 15) is 4.79 Å². The van der Waals surface area contributed by atoms with Gasteiger partial charge in [0.05, 0.1) is 0 Å². The standard InChI is InChI=1S/C21H20N4O3/c1-2-25(13-15-6-4-3-5-7-15)20-11-10-19(23-24-20)22-21(26)16-8-9-17-18(12-16)28-14-27-17/h3-12H,2,13-14H2,1H3,(H,22,23,26). The lowest BCUT2D eigenvalue weighted by molar-refractivity contribution is 0.102. The van der Waals surface area contributed by atoms with Crippen molar-refractivity contribution in [3.63, 3.8) is 0 Å². The molecule has 0 atom stereocenters. The number of nitrogens with one attached hydrogen (secondary N) is 1. The SMILES string of the molecule is CCN(Cc1ccccc1)c1ccc(NC(=O)c2ccc3c(c2)OCO3)nn1. The summed E-state index contributed by atoms with van der Waals surface area (Å²) in [6.07, 6.45) is 0. The largest absolute Gasteiger partial charge is 0.454 e. The summed E-state index contributed by atoms with van der Waals surface area (Å²) in [7, 11) is 0. The average molecular weight is 376 g/mol. The van der Waals surface area contributed by atoms with Gasteiger partial charge >= 0.3 is 0 Å². The zero-order valence-corrected chi connectivity index (χ0v) is 15.5. The van der Waals surface area contributed by atoms with Crippen LogP contribution in [-0.4, -0.2) is 29.4 Å². The molecule has 1 N–H and O–H groups in total. The van der Waals surface area contributed by atoms with Gasteiger partial charge in [0.2, 0.25) is 6.79 Å². The van der Waals surface area contributed by atoms with Crippen LogP contribution in [-0.2, 0) is 6.54 Å². The van der Waals surface area contributed by atoms with Gasteiger partial charge in [0, 0.05) is 18.7 Å². The molecular weight excluding hydrogens is 356 g/mol. The minimum Gasteiger partial charge on any atom is -0.454 e. The van der Waals surface area contributed by atoms with E-state index in [1.54, 1.807) is 24.3 Å². The molecule has 1 aromatic heterocycles. The van der Waals surface area contributed by atoms with Crippen LogP contribution in [0, 0.1) is 0 Å². The summed E-state index contributed by atoms with van der Waals surface area (Å²) < 4.78 is 10.6. The number of hydrogen-bond acceptors (Lipinski definition) is 6. The number of aromatic nitrogens is 2. The number of nitrogens with zero attached hydrogens (tertiary/aromatic N) is 3. The topological polar surface area (TPSA) is 76.6 Å². The van der Waals surface area contributed by atoms with Crippen molar-refractivity contribution >= 4 is 17.5 Å². The number of amides is 1. The van der Waals surface area contributed by atoms with Gasteiger partial charge in [-0.25, -0.2) is 0 Å². The maximum atomic E-state index is 12.4. The van der Waals surface area contributed by atoms with Gasteiger partial charge in [0.1, 0.15) is 0 Å². The Morgan fingerprint density at radius 2 is 1.86 bits per heavy atom. The quantitative estimate of drug-likeness (QED) is 0.710. The predicted molar refractivity (Wildman–Crippen MR) is 106 cm³/mol. The van der Waals surface area contributed by atoms with Crippen molar-refractivity contribution < 1.29 is 14.3 Å². The number of hydrogen-bond donors (Lipinski definition) is 1. The molecule has 3 aromatic rings. The number of carbonyl (C=O) groups excluding carboxylic acids is 1. The summed E-state index contributed by atoms with van der Waals surface area (Å²) in [5.41, 5.74) is 1.67. The van der Waals surface area contributed by atoms with Crippen molar-refractivity contribution in [2.45, 2.75) is 13.5 Å². The van der Waals surface area contributed by atoms with Crippen LogP contribution in [0.25, 0.3) is 0 Å². The maximum absolute atomic E-state index is 12.4. The molecule has 0 unspecified atom stereocenters. The van der Waals surface area contributed by atoms with Crippen molar-refractivity contribution in [2.24, 2.45) is 0 Å². The van der Waals surface area contributed by atoms with Crippen molar-refractivity contribution in [2.75, 3.05) is 23.6 Å². The molecule has 0 bridgehead atoms. The summed E-state index contributed by atoms with van der Waals surface area (Å²) in [6.45, 7) is 3.78. The minimum atomic E-state index is -0.281. The molecule has 7 nitrogen and oxygen atoms in total. The highest BCUT2D eigenvalue weighted by Crippen LogP contribution is 2.32. The Hall–Kier alpha value is -3.61. The molecule has 142 valence electrons. The second-order valence-electron chi connectivity index (χ2n) is 6.30. The Labute approximate surface area is 162 Å². The van der Waals surface area contributed by atoms with E-state index in [2.05, 4.69) is 39.5 Å². The lowest BCUT2D eigenvalue weighted by Crippen LogP contribution is -2.23. The van der Waals surface area contributed by atoms with Crippen LogP contribution in [0.1, 0.15) is 22.8 Å². The number of rotatable bonds is 6. The molecule has 2 heterocycles.